The topological polar surface area (TPSA) is 68.5 Å². The van der Waals surface area contributed by atoms with Crippen LogP contribution in [-0.2, 0) is 11.3 Å². The Bertz CT molecular complexity index is 853. The Balaban J connectivity index is 1.51. The number of ether oxygens (including phenoxy) is 1. The van der Waals surface area contributed by atoms with Crippen LogP contribution in [0.2, 0.25) is 0 Å². The highest BCUT2D eigenvalue weighted by atomic mass is 16.5. The maximum atomic E-state index is 11.9. The Morgan fingerprint density at radius 2 is 2.04 bits per heavy atom. The summed E-state index contributed by atoms with van der Waals surface area (Å²) in [5, 5.41) is 3.97. The first-order valence-electron chi connectivity index (χ1n) is 7.62. The van der Waals surface area contributed by atoms with Crippen molar-refractivity contribution in [1.29, 1.82) is 0 Å². The lowest BCUT2D eigenvalue weighted by Gasteiger charge is -2.03. The van der Waals surface area contributed by atoms with E-state index in [1.807, 2.05) is 53.1 Å². The Labute approximate surface area is 139 Å². The smallest absolute Gasteiger partial charge is 0.241 e. The number of carbonyl (C=O) groups is 1. The van der Waals surface area contributed by atoms with Crippen molar-refractivity contribution in [3.63, 3.8) is 0 Å². The molecule has 0 saturated heterocycles. The summed E-state index contributed by atoms with van der Waals surface area (Å²) in [7, 11) is 1.62. The van der Waals surface area contributed by atoms with E-state index in [2.05, 4.69) is 15.5 Å². The first kappa shape index (κ1) is 15.7. The second-order valence-electron chi connectivity index (χ2n) is 5.24. The van der Waals surface area contributed by atoms with Crippen LogP contribution in [0.15, 0.2) is 60.0 Å². The maximum absolute atomic E-state index is 11.9. The van der Waals surface area contributed by atoms with Crippen LogP contribution in [0.3, 0.4) is 0 Å². The molecule has 3 aromatic rings. The molecular formula is C18H18N4O2. The molecule has 0 saturated carbocycles. The van der Waals surface area contributed by atoms with E-state index in [0.29, 0.717) is 13.0 Å². The SMILES string of the molecule is COc1ccc(/C=N/NC(=O)CCn2cnc3ccccc32)cc1. The third-order valence-electron chi connectivity index (χ3n) is 3.63. The van der Waals surface area contributed by atoms with E-state index in [0.717, 1.165) is 22.3 Å². The molecule has 0 atom stereocenters. The van der Waals surface area contributed by atoms with Gasteiger partial charge < -0.3 is 9.30 Å². The highest BCUT2D eigenvalue weighted by Crippen LogP contribution is 2.12. The molecule has 122 valence electrons. The number of aryl methyl sites for hydroxylation is 1. The minimum Gasteiger partial charge on any atom is -0.497 e. The monoisotopic (exact) mass is 322 g/mol. The van der Waals surface area contributed by atoms with Gasteiger partial charge in [0.2, 0.25) is 5.91 Å². The molecule has 3 rings (SSSR count). The lowest BCUT2D eigenvalue weighted by Crippen LogP contribution is -2.19. The standard InChI is InChI=1S/C18H18N4O2/c1-24-15-8-6-14(7-9-15)12-20-21-18(23)10-11-22-13-19-16-4-2-3-5-17(16)22/h2-9,12-13H,10-11H2,1H3,(H,21,23)/b20-12+. The number of rotatable bonds is 6. The number of hydrazone groups is 1. The summed E-state index contributed by atoms with van der Waals surface area (Å²) in [6.07, 6.45) is 3.68. The van der Waals surface area contributed by atoms with E-state index >= 15 is 0 Å². The zero-order chi connectivity index (χ0) is 16.8. The number of benzene rings is 2. The van der Waals surface area contributed by atoms with E-state index in [9.17, 15) is 4.79 Å². The number of methoxy groups -OCH3 is 1. The van der Waals surface area contributed by atoms with Gasteiger partial charge >= 0.3 is 0 Å². The number of nitrogens with one attached hydrogen (secondary N) is 1. The number of fused-ring (bicyclic) bond motifs is 1. The van der Waals surface area contributed by atoms with Crippen LogP contribution in [-0.4, -0.2) is 28.8 Å². The first-order chi connectivity index (χ1) is 11.8. The number of para-hydroxylation sites is 2. The maximum Gasteiger partial charge on any atom is 0.241 e. The van der Waals surface area contributed by atoms with Crippen molar-refractivity contribution in [3.05, 3.63) is 60.4 Å². The average Bonchev–Trinajstić information content (AvgIpc) is 3.04. The number of amides is 1. The summed E-state index contributed by atoms with van der Waals surface area (Å²) < 4.78 is 7.05. The molecule has 0 aliphatic heterocycles. The largest absolute Gasteiger partial charge is 0.497 e. The van der Waals surface area contributed by atoms with E-state index in [1.54, 1.807) is 19.7 Å². The van der Waals surface area contributed by atoms with Gasteiger partial charge in [0.05, 0.1) is 30.7 Å². The fourth-order valence-corrected chi connectivity index (χ4v) is 2.34. The van der Waals surface area contributed by atoms with Crippen LogP contribution in [0, 0.1) is 0 Å². The Hall–Kier alpha value is -3.15. The van der Waals surface area contributed by atoms with E-state index in [1.165, 1.54) is 0 Å². The number of hydrogen-bond acceptors (Lipinski definition) is 4. The summed E-state index contributed by atoms with van der Waals surface area (Å²) in [5.41, 5.74) is 5.37. The zero-order valence-corrected chi connectivity index (χ0v) is 13.3. The van der Waals surface area contributed by atoms with E-state index < -0.39 is 0 Å². The van der Waals surface area contributed by atoms with Crippen molar-refractivity contribution in [2.75, 3.05) is 7.11 Å². The van der Waals surface area contributed by atoms with Gasteiger partial charge in [0, 0.05) is 13.0 Å². The Morgan fingerprint density at radius 3 is 2.83 bits per heavy atom. The predicted octanol–water partition coefficient (Wildman–Crippen LogP) is 2.59. The summed E-state index contributed by atoms with van der Waals surface area (Å²) in [6.45, 7) is 0.560. The third-order valence-corrected chi connectivity index (χ3v) is 3.63. The summed E-state index contributed by atoms with van der Waals surface area (Å²) in [4.78, 5) is 16.2. The van der Waals surface area contributed by atoms with Gasteiger partial charge in [-0.05, 0) is 42.0 Å². The number of carbonyl (C=O) groups excluding carboxylic acids is 1. The van der Waals surface area contributed by atoms with Crippen molar-refractivity contribution in [3.8, 4) is 5.75 Å². The van der Waals surface area contributed by atoms with E-state index in [-0.39, 0.29) is 5.91 Å². The summed E-state index contributed by atoms with van der Waals surface area (Å²) >= 11 is 0. The first-order valence-corrected chi connectivity index (χ1v) is 7.62. The quantitative estimate of drug-likeness (QED) is 0.560. The Morgan fingerprint density at radius 1 is 1.25 bits per heavy atom. The molecule has 24 heavy (non-hydrogen) atoms. The number of hydrogen-bond donors (Lipinski definition) is 1. The molecule has 0 aliphatic rings. The molecule has 1 aromatic heterocycles. The molecule has 1 amide bonds. The molecule has 0 aliphatic carbocycles. The average molecular weight is 322 g/mol. The van der Waals surface area contributed by atoms with Crippen LogP contribution < -0.4 is 10.2 Å². The van der Waals surface area contributed by atoms with Gasteiger partial charge in [-0.15, -0.1) is 0 Å². The molecule has 6 heteroatoms. The number of aromatic nitrogens is 2. The molecule has 0 fully saturated rings. The molecule has 0 radical (unpaired) electrons. The van der Waals surface area contributed by atoms with Gasteiger partial charge in [0.15, 0.2) is 0 Å². The molecule has 6 nitrogen and oxygen atoms in total. The number of nitrogens with zero attached hydrogens (tertiary/aromatic N) is 3. The van der Waals surface area contributed by atoms with Crippen LogP contribution in [0.1, 0.15) is 12.0 Å². The Kier molecular flexibility index (Phi) is 4.86. The van der Waals surface area contributed by atoms with Gasteiger partial charge in [-0.2, -0.15) is 5.10 Å². The number of imidazole rings is 1. The molecule has 0 spiro atoms. The van der Waals surface area contributed by atoms with Gasteiger partial charge in [-0.25, -0.2) is 10.4 Å². The van der Waals surface area contributed by atoms with Crippen molar-refractivity contribution >= 4 is 23.2 Å². The molecular weight excluding hydrogens is 304 g/mol. The minimum absolute atomic E-state index is 0.141. The normalized spacial score (nSPS) is 11.0. The second-order valence-corrected chi connectivity index (χ2v) is 5.24. The predicted molar refractivity (Wildman–Crippen MR) is 93.1 cm³/mol. The van der Waals surface area contributed by atoms with Crippen molar-refractivity contribution in [1.82, 2.24) is 15.0 Å². The fourth-order valence-electron chi connectivity index (χ4n) is 2.34. The highest BCUT2D eigenvalue weighted by Gasteiger charge is 2.04. The van der Waals surface area contributed by atoms with Crippen LogP contribution in [0.25, 0.3) is 11.0 Å². The highest BCUT2D eigenvalue weighted by molar-refractivity contribution is 5.82. The third kappa shape index (κ3) is 3.78. The molecule has 1 N–H and O–H groups in total. The van der Waals surface area contributed by atoms with E-state index in [4.69, 9.17) is 4.74 Å². The van der Waals surface area contributed by atoms with Crippen molar-refractivity contribution < 1.29 is 9.53 Å². The molecule has 2 aromatic carbocycles. The van der Waals surface area contributed by atoms with Crippen molar-refractivity contribution in [2.24, 2.45) is 5.10 Å². The summed E-state index contributed by atoms with van der Waals surface area (Å²) in [5.74, 6) is 0.640. The fraction of sp³-hybridized carbons (Fsp3) is 0.167. The molecule has 0 unspecified atom stereocenters. The van der Waals surface area contributed by atoms with Crippen molar-refractivity contribution in [2.45, 2.75) is 13.0 Å². The lowest BCUT2D eigenvalue weighted by atomic mass is 10.2. The molecule has 0 bridgehead atoms. The minimum atomic E-state index is -0.141. The van der Waals surface area contributed by atoms with Crippen LogP contribution >= 0.6 is 0 Å². The van der Waals surface area contributed by atoms with Gasteiger partial charge in [-0.3, -0.25) is 4.79 Å². The van der Waals surface area contributed by atoms with Crippen LogP contribution in [0.4, 0.5) is 0 Å². The van der Waals surface area contributed by atoms with Gasteiger partial charge in [0.1, 0.15) is 5.75 Å². The lowest BCUT2D eigenvalue weighted by molar-refractivity contribution is -0.121. The van der Waals surface area contributed by atoms with Gasteiger partial charge in [-0.1, -0.05) is 12.1 Å². The molecule has 1 heterocycles. The summed E-state index contributed by atoms with van der Waals surface area (Å²) in [6, 6.07) is 15.3. The second kappa shape index (κ2) is 7.41. The van der Waals surface area contributed by atoms with Crippen LogP contribution in [0.5, 0.6) is 5.75 Å². The van der Waals surface area contributed by atoms with Gasteiger partial charge in [0.25, 0.3) is 0 Å². The zero-order valence-electron chi connectivity index (χ0n) is 13.3.